The third-order valence-corrected chi connectivity index (χ3v) is 7.43. The summed E-state index contributed by atoms with van der Waals surface area (Å²) >= 11 is 6.30. The van der Waals surface area contributed by atoms with Crippen LogP contribution < -0.4 is 15.8 Å². The van der Waals surface area contributed by atoms with Gasteiger partial charge in [0.15, 0.2) is 11.5 Å². The van der Waals surface area contributed by atoms with Crippen LogP contribution in [0, 0.1) is 0 Å². The number of rotatable bonds is 7. The molecule has 0 radical (unpaired) electrons. The second kappa shape index (κ2) is 9.51. The Hall–Kier alpha value is -3.50. The van der Waals surface area contributed by atoms with Crippen molar-refractivity contribution in [1.82, 2.24) is 25.0 Å². The molecule has 0 amide bonds. The number of halogens is 1. The van der Waals surface area contributed by atoms with E-state index in [-0.39, 0.29) is 6.04 Å². The van der Waals surface area contributed by atoms with Crippen LogP contribution in [0.4, 0.5) is 5.82 Å². The van der Waals surface area contributed by atoms with Gasteiger partial charge in [-0.25, -0.2) is 9.67 Å². The second-order valence-electron chi connectivity index (χ2n) is 9.19. The molecule has 10 nitrogen and oxygen atoms in total. The monoisotopic (exact) mass is 509 g/mol. The summed E-state index contributed by atoms with van der Waals surface area (Å²) in [7, 11) is 1.57. The molecule has 1 aromatic carbocycles. The molecule has 1 saturated carbocycles. The summed E-state index contributed by atoms with van der Waals surface area (Å²) in [6, 6.07) is 5.54. The topological polar surface area (TPSA) is 141 Å². The summed E-state index contributed by atoms with van der Waals surface area (Å²) < 4.78 is 7.04. The number of aromatic nitrogens is 5. The van der Waals surface area contributed by atoms with Crippen molar-refractivity contribution in [1.29, 1.82) is 0 Å². The Morgan fingerprint density at radius 2 is 2.06 bits per heavy atom. The highest BCUT2D eigenvalue weighted by atomic mass is 35.5. The predicted molar refractivity (Wildman–Crippen MR) is 137 cm³/mol. The van der Waals surface area contributed by atoms with E-state index in [1.807, 2.05) is 25.1 Å². The second-order valence-corrected chi connectivity index (χ2v) is 9.60. The number of benzene rings is 1. The summed E-state index contributed by atoms with van der Waals surface area (Å²) in [5, 5.41) is 29.9. The average Bonchev–Trinajstić information content (AvgIpc) is 3.31. The lowest BCUT2D eigenvalue weighted by Gasteiger charge is -2.35. The fourth-order valence-electron chi connectivity index (χ4n) is 5.06. The van der Waals surface area contributed by atoms with Crippen molar-refractivity contribution in [2.75, 3.05) is 12.4 Å². The zero-order valence-electron chi connectivity index (χ0n) is 20.2. The lowest BCUT2D eigenvalue weighted by atomic mass is 9.69. The summed E-state index contributed by atoms with van der Waals surface area (Å²) in [6.07, 6.45) is 5.46. The smallest absolute Gasteiger partial charge is 0.315 e. The SMILES string of the molecule is CCn1ncc2c3c(NCc4ccc(OC)c(Cl)c4)nnc([C@]4(C(=O)O)CC[C@@H](N)CC4)c3cnc21. The van der Waals surface area contributed by atoms with E-state index in [1.165, 1.54) is 0 Å². The number of aliphatic carboxylic acids is 1. The van der Waals surface area contributed by atoms with Gasteiger partial charge in [0.25, 0.3) is 0 Å². The highest BCUT2D eigenvalue weighted by Gasteiger charge is 2.46. The van der Waals surface area contributed by atoms with Crippen LogP contribution in [0.5, 0.6) is 5.75 Å². The Labute approximate surface area is 212 Å². The third kappa shape index (κ3) is 4.00. The van der Waals surface area contributed by atoms with Crippen molar-refractivity contribution >= 4 is 45.2 Å². The Bertz CT molecular complexity index is 1450. The molecule has 0 aliphatic heterocycles. The van der Waals surface area contributed by atoms with Crippen LogP contribution in [0.2, 0.25) is 5.02 Å². The standard InChI is InChI=1S/C25H28ClN7O3/c1-3-33-23-17(13-30-33)20-16(12-29-23)21(25(24(34)35)8-6-15(27)7-9-25)31-32-22(20)28-11-14-4-5-19(36-2)18(26)10-14/h4-5,10,12-13,15H,3,6-9,11,27H2,1-2H3,(H,28,32)(H,34,35)/t15-,25+. The maximum absolute atomic E-state index is 12.6. The number of nitrogens with two attached hydrogens (primary N) is 1. The maximum atomic E-state index is 12.6. The van der Waals surface area contributed by atoms with Gasteiger partial charge in [-0.3, -0.25) is 4.79 Å². The number of aryl methyl sites for hydroxylation is 1. The zero-order valence-corrected chi connectivity index (χ0v) is 20.9. The van der Waals surface area contributed by atoms with Crippen molar-refractivity contribution in [3.05, 3.63) is 46.9 Å². The van der Waals surface area contributed by atoms with Crippen molar-refractivity contribution in [2.45, 2.75) is 57.2 Å². The number of methoxy groups -OCH3 is 1. The van der Waals surface area contributed by atoms with E-state index < -0.39 is 11.4 Å². The first kappa shape index (κ1) is 24.2. The number of hydrogen-bond acceptors (Lipinski definition) is 8. The van der Waals surface area contributed by atoms with Gasteiger partial charge in [-0.05, 0) is 50.3 Å². The third-order valence-electron chi connectivity index (χ3n) is 7.13. The minimum absolute atomic E-state index is 0.0124. The number of fused-ring (bicyclic) bond motifs is 3. The van der Waals surface area contributed by atoms with Crippen LogP contribution in [0.1, 0.15) is 43.9 Å². The van der Waals surface area contributed by atoms with Crippen molar-refractivity contribution in [3.63, 3.8) is 0 Å². The molecule has 0 spiro atoms. The maximum Gasteiger partial charge on any atom is 0.315 e. The Balaban J connectivity index is 1.65. The number of pyridine rings is 1. The first-order valence-electron chi connectivity index (χ1n) is 11.9. The van der Waals surface area contributed by atoms with E-state index >= 15 is 0 Å². The minimum Gasteiger partial charge on any atom is -0.495 e. The van der Waals surface area contributed by atoms with Crippen LogP contribution in [0.15, 0.2) is 30.6 Å². The van der Waals surface area contributed by atoms with Gasteiger partial charge in [0, 0.05) is 36.1 Å². The normalized spacial score (nSPS) is 20.1. The minimum atomic E-state index is -1.17. The number of carboxylic acid groups (broad SMARTS) is 1. The number of carboxylic acids is 1. The highest BCUT2D eigenvalue weighted by molar-refractivity contribution is 6.32. The van der Waals surface area contributed by atoms with Gasteiger partial charge in [-0.15, -0.1) is 5.10 Å². The molecular formula is C25H28ClN7O3. The fourth-order valence-corrected chi connectivity index (χ4v) is 5.34. The Morgan fingerprint density at radius 1 is 1.28 bits per heavy atom. The molecular weight excluding hydrogens is 482 g/mol. The van der Waals surface area contributed by atoms with E-state index in [9.17, 15) is 9.90 Å². The number of hydrogen-bond donors (Lipinski definition) is 3. The summed E-state index contributed by atoms with van der Waals surface area (Å²) in [5.41, 5.74) is 7.00. The van der Waals surface area contributed by atoms with Gasteiger partial charge in [0.2, 0.25) is 0 Å². The number of ether oxygens (including phenoxy) is 1. The zero-order chi connectivity index (χ0) is 25.4. The quantitative estimate of drug-likeness (QED) is 0.338. The number of nitrogens with zero attached hydrogens (tertiary/aromatic N) is 5. The lowest BCUT2D eigenvalue weighted by molar-refractivity contribution is -0.145. The van der Waals surface area contributed by atoms with E-state index in [0.717, 1.165) is 16.3 Å². The molecule has 3 heterocycles. The number of anilines is 1. The Kier molecular flexibility index (Phi) is 6.40. The van der Waals surface area contributed by atoms with Crippen LogP contribution in [0.25, 0.3) is 21.8 Å². The van der Waals surface area contributed by atoms with E-state index in [4.69, 9.17) is 22.1 Å². The molecule has 1 fully saturated rings. The average molecular weight is 510 g/mol. The first-order valence-corrected chi connectivity index (χ1v) is 12.3. The molecule has 4 aromatic rings. The molecule has 0 saturated heterocycles. The fraction of sp³-hybridized carbons (Fsp3) is 0.400. The van der Waals surface area contributed by atoms with Crippen LogP contribution in [-0.2, 0) is 23.3 Å². The number of nitrogens with one attached hydrogen (secondary N) is 1. The van der Waals surface area contributed by atoms with E-state index in [1.54, 1.807) is 24.2 Å². The molecule has 0 unspecified atom stereocenters. The molecule has 11 heteroatoms. The molecule has 0 bridgehead atoms. The van der Waals surface area contributed by atoms with E-state index in [2.05, 4.69) is 25.6 Å². The van der Waals surface area contributed by atoms with Crippen molar-refractivity contribution in [3.8, 4) is 5.75 Å². The molecule has 4 N–H and O–H groups in total. The molecule has 3 aromatic heterocycles. The van der Waals surface area contributed by atoms with Gasteiger partial charge in [0.1, 0.15) is 11.2 Å². The van der Waals surface area contributed by atoms with Gasteiger partial charge >= 0.3 is 5.97 Å². The van der Waals surface area contributed by atoms with Gasteiger partial charge in [0.05, 0.1) is 29.4 Å². The van der Waals surface area contributed by atoms with Gasteiger partial charge < -0.3 is 20.9 Å². The highest BCUT2D eigenvalue weighted by Crippen LogP contribution is 2.43. The molecule has 36 heavy (non-hydrogen) atoms. The largest absolute Gasteiger partial charge is 0.495 e. The Morgan fingerprint density at radius 3 is 2.72 bits per heavy atom. The van der Waals surface area contributed by atoms with Crippen LogP contribution in [-0.4, -0.2) is 49.2 Å². The summed E-state index contributed by atoms with van der Waals surface area (Å²) in [4.78, 5) is 17.3. The van der Waals surface area contributed by atoms with Crippen molar-refractivity contribution in [2.24, 2.45) is 5.73 Å². The van der Waals surface area contributed by atoms with Gasteiger partial charge in [-0.1, -0.05) is 17.7 Å². The van der Waals surface area contributed by atoms with Gasteiger partial charge in [-0.2, -0.15) is 10.2 Å². The first-order chi connectivity index (χ1) is 17.4. The summed E-state index contributed by atoms with van der Waals surface area (Å²) in [5.74, 6) is 0.209. The van der Waals surface area contributed by atoms with Crippen LogP contribution in [0.3, 0.4) is 0 Å². The molecule has 5 rings (SSSR count). The molecule has 1 aliphatic rings. The molecule has 188 valence electrons. The van der Waals surface area contributed by atoms with E-state index in [0.29, 0.717) is 72.1 Å². The number of carbonyl (C=O) groups is 1. The summed E-state index contributed by atoms with van der Waals surface area (Å²) in [6.45, 7) is 3.07. The lowest BCUT2D eigenvalue weighted by Crippen LogP contribution is -2.43. The van der Waals surface area contributed by atoms with Crippen LogP contribution >= 0.6 is 11.6 Å². The molecule has 0 atom stereocenters. The molecule has 1 aliphatic carbocycles. The van der Waals surface area contributed by atoms with Crippen molar-refractivity contribution < 1.29 is 14.6 Å². The predicted octanol–water partition coefficient (Wildman–Crippen LogP) is 3.89.